The third-order valence-corrected chi connectivity index (χ3v) is 3.89. The lowest BCUT2D eigenvalue weighted by atomic mass is 10.0. The predicted molar refractivity (Wildman–Crippen MR) is 72.1 cm³/mol. The maximum Gasteiger partial charge on any atom is 0.358 e. The molecule has 104 valence electrons. The highest BCUT2D eigenvalue weighted by atomic mass is 79.9. The molecule has 0 aliphatic carbocycles. The molecule has 1 N–H and O–H groups in total. The molecule has 0 amide bonds. The Bertz CT molecular complexity index is 694. The van der Waals surface area contributed by atoms with Crippen LogP contribution in [0.5, 0.6) is 11.5 Å². The first kappa shape index (κ1) is 13.0. The van der Waals surface area contributed by atoms with Crippen LogP contribution in [0, 0.1) is 0 Å². The number of carboxylic acids is 1. The van der Waals surface area contributed by atoms with E-state index in [0.717, 1.165) is 22.0 Å². The van der Waals surface area contributed by atoms with E-state index in [1.165, 1.54) is 6.07 Å². The number of hydrogen-bond donors (Lipinski definition) is 1. The summed E-state index contributed by atoms with van der Waals surface area (Å²) < 4.78 is 16.7. The number of carbonyl (C=O) groups is 1. The number of aromatic nitrogens is 1. The number of carboxylic acid groups (broad SMARTS) is 1. The van der Waals surface area contributed by atoms with Gasteiger partial charge in [0.25, 0.3) is 0 Å². The van der Waals surface area contributed by atoms with Gasteiger partial charge in [-0.3, -0.25) is 0 Å². The Labute approximate surface area is 122 Å². The molecule has 6 nitrogen and oxygen atoms in total. The van der Waals surface area contributed by atoms with E-state index in [2.05, 4.69) is 21.1 Å². The van der Waals surface area contributed by atoms with Crippen LogP contribution in [-0.4, -0.2) is 23.0 Å². The zero-order chi connectivity index (χ0) is 14.3. The summed E-state index contributed by atoms with van der Waals surface area (Å²) in [6, 6.07) is 3.17. The van der Waals surface area contributed by atoms with E-state index in [-0.39, 0.29) is 12.5 Å². The third kappa shape index (κ3) is 1.94. The average molecular weight is 340 g/mol. The molecule has 7 heteroatoms. The molecule has 3 rings (SSSR count). The smallest absolute Gasteiger partial charge is 0.358 e. The van der Waals surface area contributed by atoms with E-state index in [9.17, 15) is 4.79 Å². The molecule has 2 heterocycles. The molecule has 20 heavy (non-hydrogen) atoms. The fraction of sp³-hybridized carbons (Fsp3) is 0.231. The van der Waals surface area contributed by atoms with Gasteiger partial charge < -0.3 is 19.1 Å². The number of halogens is 1. The van der Waals surface area contributed by atoms with Crippen LogP contribution in [0.4, 0.5) is 0 Å². The van der Waals surface area contributed by atoms with Crippen molar-refractivity contribution in [2.75, 3.05) is 6.79 Å². The van der Waals surface area contributed by atoms with Crippen molar-refractivity contribution in [3.8, 4) is 22.8 Å². The third-order valence-electron chi connectivity index (χ3n) is 3.05. The van der Waals surface area contributed by atoms with E-state index >= 15 is 0 Å². The van der Waals surface area contributed by atoms with Crippen LogP contribution in [0.15, 0.2) is 21.1 Å². The zero-order valence-corrected chi connectivity index (χ0v) is 12.1. The van der Waals surface area contributed by atoms with Crippen LogP contribution in [0.25, 0.3) is 11.3 Å². The molecule has 0 bridgehead atoms. The van der Waals surface area contributed by atoms with Crippen molar-refractivity contribution in [1.29, 1.82) is 0 Å². The van der Waals surface area contributed by atoms with E-state index in [1.54, 1.807) is 6.07 Å². The van der Waals surface area contributed by atoms with Gasteiger partial charge in [-0.2, -0.15) is 0 Å². The zero-order valence-electron chi connectivity index (χ0n) is 10.5. The SMILES string of the molecule is CCc1c(-c2cc(C(=O)O)no2)cc2c(c1Br)OCO2. The van der Waals surface area contributed by atoms with Gasteiger partial charge in [0.1, 0.15) is 0 Å². The first-order valence-corrected chi connectivity index (χ1v) is 6.72. The molecule has 2 aromatic rings. The second kappa shape index (κ2) is 4.82. The number of nitrogens with zero attached hydrogens (tertiary/aromatic N) is 1. The van der Waals surface area contributed by atoms with Gasteiger partial charge in [0.05, 0.1) is 4.47 Å². The quantitative estimate of drug-likeness (QED) is 0.925. The molecule has 0 radical (unpaired) electrons. The molecule has 0 spiro atoms. The Morgan fingerprint density at radius 2 is 2.25 bits per heavy atom. The van der Waals surface area contributed by atoms with Gasteiger partial charge in [0, 0.05) is 11.6 Å². The highest BCUT2D eigenvalue weighted by Crippen LogP contribution is 2.46. The molecule has 1 aromatic carbocycles. The normalized spacial score (nSPS) is 12.7. The van der Waals surface area contributed by atoms with E-state index in [1.807, 2.05) is 6.92 Å². The summed E-state index contributed by atoms with van der Waals surface area (Å²) >= 11 is 3.49. The highest BCUT2D eigenvalue weighted by Gasteiger charge is 2.25. The summed E-state index contributed by atoms with van der Waals surface area (Å²) in [5, 5.41) is 12.4. The second-order valence-electron chi connectivity index (χ2n) is 4.19. The molecular weight excluding hydrogens is 330 g/mol. The molecule has 1 aliphatic rings. The van der Waals surface area contributed by atoms with Crippen molar-refractivity contribution in [3.63, 3.8) is 0 Å². The predicted octanol–water partition coefficient (Wildman–Crippen LogP) is 3.09. The van der Waals surface area contributed by atoms with Crippen LogP contribution in [-0.2, 0) is 6.42 Å². The van der Waals surface area contributed by atoms with Crippen molar-refractivity contribution < 1.29 is 23.9 Å². The first-order chi connectivity index (χ1) is 9.61. The fourth-order valence-electron chi connectivity index (χ4n) is 2.11. The van der Waals surface area contributed by atoms with Crippen LogP contribution >= 0.6 is 15.9 Å². The second-order valence-corrected chi connectivity index (χ2v) is 4.98. The number of benzene rings is 1. The Morgan fingerprint density at radius 3 is 2.90 bits per heavy atom. The number of ether oxygens (including phenoxy) is 2. The number of aromatic carboxylic acids is 1. The van der Waals surface area contributed by atoms with Crippen LogP contribution in [0.1, 0.15) is 23.0 Å². The Hall–Kier alpha value is -2.02. The number of rotatable bonds is 3. The van der Waals surface area contributed by atoms with Gasteiger partial charge in [-0.05, 0) is 34.0 Å². The molecular formula is C13H10BrNO5. The van der Waals surface area contributed by atoms with Crippen LogP contribution in [0.3, 0.4) is 0 Å². The van der Waals surface area contributed by atoms with Gasteiger partial charge >= 0.3 is 5.97 Å². The summed E-state index contributed by atoms with van der Waals surface area (Å²) in [6.07, 6.45) is 0.718. The van der Waals surface area contributed by atoms with Crippen molar-refractivity contribution in [2.45, 2.75) is 13.3 Å². The Morgan fingerprint density at radius 1 is 1.45 bits per heavy atom. The van der Waals surface area contributed by atoms with E-state index in [4.69, 9.17) is 19.1 Å². The lowest BCUT2D eigenvalue weighted by Crippen LogP contribution is -1.94. The van der Waals surface area contributed by atoms with Gasteiger partial charge in [-0.15, -0.1) is 0 Å². The van der Waals surface area contributed by atoms with Crippen molar-refractivity contribution >= 4 is 21.9 Å². The van der Waals surface area contributed by atoms with Crippen LogP contribution < -0.4 is 9.47 Å². The van der Waals surface area contributed by atoms with Gasteiger partial charge in [-0.1, -0.05) is 12.1 Å². The Balaban J connectivity index is 2.17. The van der Waals surface area contributed by atoms with Crippen molar-refractivity contribution in [1.82, 2.24) is 5.16 Å². The van der Waals surface area contributed by atoms with Crippen molar-refractivity contribution in [3.05, 3.63) is 27.9 Å². The molecule has 0 saturated carbocycles. The molecule has 0 fully saturated rings. The minimum atomic E-state index is -1.13. The van der Waals surface area contributed by atoms with Crippen molar-refractivity contribution in [2.24, 2.45) is 0 Å². The molecule has 0 unspecified atom stereocenters. The molecule has 1 aromatic heterocycles. The summed E-state index contributed by atoms with van der Waals surface area (Å²) in [4.78, 5) is 10.9. The summed E-state index contributed by atoms with van der Waals surface area (Å²) in [5.41, 5.74) is 1.56. The topological polar surface area (TPSA) is 81.8 Å². The average Bonchev–Trinajstić information content (AvgIpc) is 3.07. The van der Waals surface area contributed by atoms with Gasteiger partial charge in [-0.25, -0.2) is 4.79 Å². The summed E-state index contributed by atoms with van der Waals surface area (Å²) in [5.74, 6) is 0.511. The minimum Gasteiger partial charge on any atom is -0.476 e. The number of hydrogen-bond acceptors (Lipinski definition) is 5. The largest absolute Gasteiger partial charge is 0.476 e. The standard InChI is InChI=1S/C13H10BrNO5/c1-2-6-7(9-4-8(13(16)17)15-20-9)3-10-12(11(6)14)19-5-18-10/h3-4H,2,5H2,1H3,(H,16,17). The van der Waals surface area contributed by atoms with Gasteiger partial charge in [0.15, 0.2) is 23.0 Å². The highest BCUT2D eigenvalue weighted by molar-refractivity contribution is 9.10. The maximum absolute atomic E-state index is 10.9. The van der Waals surface area contributed by atoms with E-state index < -0.39 is 5.97 Å². The minimum absolute atomic E-state index is 0.129. The molecule has 1 aliphatic heterocycles. The van der Waals surface area contributed by atoms with Gasteiger partial charge in [0.2, 0.25) is 6.79 Å². The lowest BCUT2D eigenvalue weighted by molar-refractivity contribution is 0.0686. The fourth-order valence-corrected chi connectivity index (χ4v) is 2.91. The number of fused-ring (bicyclic) bond motifs is 1. The monoisotopic (exact) mass is 339 g/mol. The first-order valence-electron chi connectivity index (χ1n) is 5.93. The van der Waals surface area contributed by atoms with Crippen LogP contribution in [0.2, 0.25) is 0 Å². The lowest BCUT2D eigenvalue weighted by Gasteiger charge is -2.10. The Kier molecular flexibility index (Phi) is 3.13. The summed E-state index contributed by atoms with van der Waals surface area (Å²) in [7, 11) is 0. The summed E-state index contributed by atoms with van der Waals surface area (Å²) in [6.45, 7) is 2.15. The molecule has 0 atom stereocenters. The molecule has 0 saturated heterocycles. The maximum atomic E-state index is 10.9. The van der Waals surface area contributed by atoms with E-state index in [0.29, 0.717) is 17.3 Å².